The van der Waals surface area contributed by atoms with Crippen LogP contribution in [0.2, 0.25) is 0 Å². The fourth-order valence-electron chi connectivity index (χ4n) is 2.87. The van der Waals surface area contributed by atoms with E-state index in [1.807, 2.05) is 35.5 Å². The first-order valence-corrected chi connectivity index (χ1v) is 8.16. The van der Waals surface area contributed by atoms with Crippen LogP contribution in [-0.4, -0.2) is 29.4 Å². The number of nitrogens with one attached hydrogen (secondary N) is 1. The minimum atomic E-state index is 0.186. The highest BCUT2D eigenvalue weighted by Crippen LogP contribution is 2.33. The van der Waals surface area contributed by atoms with Gasteiger partial charge < -0.3 is 10.2 Å². The van der Waals surface area contributed by atoms with E-state index in [0.717, 1.165) is 30.8 Å². The van der Waals surface area contributed by atoms with Crippen molar-refractivity contribution in [2.75, 3.05) is 18.9 Å². The standard InChI is InChI=1S/C16H19N3OS/c1-17-15-10-13(4-6-18-15)14-3-2-7-19(14)16(20)9-12-5-8-21-11-12/h4-6,8,10-11,14H,2-3,7,9H2,1H3,(H,17,18)/t14-/m0/s1. The molecule has 1 N–H and O–H groups in total. The highest BCUT2D eigenvalue weighted by Gasteiger charge is 2.30. The minimum absolute atomic E-state index is 0.186. The van der Waals surface area contributed by atoms with Crippen molar-refractivity contribution in [2.45, 2.75) is 25.3 Å². The molecule has 0 bridgehead atoms. The number of hydrogen-bond acceptors (Lipinski definition) is 4. The summed E-state index contributed by atoms with van der Waals surface area (Å²) in [6.07, 6.45) is 4.41. The number of nitrogens with zero attached hydrogens (tertiary/aromatic N) is 2. The molecule has 1 amide bonds. The van der Waals surface area contributed by atoms with E-state index in [2.05, 4.69) is 15.7 Å². The van der Waals surface area contributed by atoms with Crippen LogP contribution in [0.4, 0.5) is 5.82 Å². The molecule has 3 rings (SSSR count). The van der Waals surface area contributed by atoms with Gasteiger partial charge in [0.25, 0.3) is 0 Å². The molecule has 0 aliphatic carbocycles. The number of anilines is 1. The molecular formula is C16H19N3OS. The van der Waals surface area contributed by atoms with Crippen LogP contribution in [-0.2, 0) is 11.2 Å². The van der Waals surface area contributed by atoms with Crippen LogP contribution in [0, 0.1) is 0 Å². The first-order valence-electron chi connectivity index (χ1n) is 7.22. The van der Waals surface area contributed by atoms with Crippen LogP contribution in [0.3, 0.4) is 0 Å². The zero-order chi connectivity index (χ0) is 14.7. The highest BCUT2D eigenvalue weighted by atomic mass is 32.1. The Morgan fingerprint density at radius 1 is 1.52 bits per heavy atom. The van der Waals surface area contributed by atoms with Crippen LogP contribution < -0.4 is 5.32 Å². The van der Waals surface area contributed by atoms with Crippen LogP contribution in [0.15, 0.2) is 35.2 Å². The van der Waals surface area contributed by atoms with Gasteiger partial charge in [0.15, 0.2) is 0 Å². The third-order valence-electron chi connectivity index (χ3n) is 3.93. The molecule has 110 valence electrons. The molecule has 1 atom stereocenters. The monoisotopic (exact) mass is 301 g/mol. The lowest BCUT2D eigenvalue weighted by Crippen LogP contribution is -2.31. The lowest BCUT2D eigenvalue weighted by Gasteiger charge is -2.25. The van der Waals surface area contributed by atoms with Gasteiger partial charge in [-0.2, -0.15) is 11.3 Å². The van der Waals surface area contributed by atoms with Crippen LogP contribution >= 0.6 is 11.3 Å². The number of carbonyl (C=O) groups is 1. The zero-order valence-corrected chi connectivity index (χ0v) is 12.9. The van der Waals surface area contributed by atoms with Crippen molar-refractivity contribution < 1.29 is 4.79 Å². The van der Waals surface area contributed by atoms with Gasteiger partial charge in [-0.15, -0.1) is 0 Å². The Bertz CT molecular complexity index is 612. The van der Waals surface area contributed by atoms with Gasteiger partial charge in [0.2, 0.25) is 5.91 Å². The Hall–Kier alpha value is -1.88. The summed E-state index contributed by atoms with van der Waals surface area (Å²) in [5.74, 6) is 1.07. The Morgan fingerprint density at radius 2 is 2.43 bits per heavy atom. The van der Waals surface area contributed by atoms with Gasteiger partial charge in [-0.05, 0) is 52.9 Å². The summed E-state index contributed by atoms with van der Waals surface area (Å²) < 4.78 is 0. The lowest BCUT2D eigenvalue weighted by atomic mass is 10.1. The first kappa shape index (κ1) is 14.1. The van der Waals surface area contributed by atoms with E-state index in [4.69, 9.17) is 0 Å². The molecule has 0 saturated carbocycles. The predicted molar refractivity (Wildman–Crippen MR) is 85.5 cm³/mol. The molecule has 1 aliphatic heterocycles. The van der Waals surface area contributed by atoms with Gasteiger partial charge in [0.1, 0.15) is 5.82 Å². The number of pyridine rings is 1. The molecule has 2 aromatic rings. The zero-order valence-electron chi connectivity index (χ0n) is 12.1. The second-order valence-corrected chi connectivity index (χ2v) is 6.06. The van der Waals surface area contributed by atoms with Gasteiger partial charge >= 0.3 is 0 Å². The van der Waals surface area contributed by atoms with Crippen molar-refractivity contribution in [3.63, 3.8) is 0 Å². The summed E-state index contributed by atoms with van der Waals surface area (Å²) in [7, 11) is 1.86. The third kappa shape index (κ3) is 3.08. The van der Waals surface area contributed by atoms with Crippen molar-refractivity contribution in [1.82, 2.24) is 9.88 Å². The molecule has 0 radical (unpaired) electrons. The summed E-state index contributed by atoms with van der Waals surface area (Å²) in [4.78, 5) is 18.8. The van der Waals surface area contributed by atoms with Crippen molar-refractivity contribution in [1.29, 1.82) is 0 Å². The van der Waals surface area contributed by atoms with Crippen molar-refractivity contribution in [3.05, 3.63) is 46.3 Å². The normalized spacial score (nSPS) is 18.0. The van der Waals surface area contributed by atoms with E-state index in [9.17, 15) is 4.79 Å². The van der Waals surface area contributed by atoms with Crippen molar-refractivity contribution in [2.24, 2.45) is 0 Å². The van der Waals surface area contributed by atoms with Gasteiger partial charge in [0, 0.05) is 19.8 Å². The average Bonchev–Trinajstić information content (AvgIpc) is 3.18. The first-order chi connectivity index (χ1) is 10.3. The van der Waals surface area contributed by atoms with Gasteiger partial charge in [-0.1, -0.05) is 0 Å². The van der Waals surface area contributed by atoms with Crippen LogP contribution in [0.1, 0.15) is 30.0 Å². The molecule has 1 fully saturated rings. The molecule has 0 spiro atoms. The molecule has 21 heavy (non-hydrogen) atoms. The van der Waals surface area contributed by atoms with Gasteiger partial charge in [0.05, 0.1) is 12.5 Å². The lowest BCUT2D eigenvalue weighted by molar-refractivity contribution is -0.131. The molecule has 2 aromatic heterocycles. The maximum Gasteiger partial charge on any atom is 0.227 e. The fraction of sp³-hybridized carbons (Fsp3) is 0.375. The quantitative estimate of drug-likeness (QED) is 0.944. The van der Waals surface area contributed by atoms with Crippen LogP contribution in [0.25, 0.3) is 0 Å². The maximum absolute atomic E-state index is 12.6. The highest BCUT2D eigenvalue weighted by molar-refractivity contribution is 7.07. The topological polar surface area (TPSA) is 45.2 Å². The Labute approximate surface area is 128 Å². The second-order valence-electron chi connectivity index (χ2n) is 5.28. The summed E-state index contributed by atoms with van der Waals surface area (Å²) in [5.41, 5.74) is 2.28. The number of likely N-dealkylation sites (tertiary alicyclic amines) is 1. The summed E-state index contributed by atoms with van der Waals surface area (Å²) in [6, 6.07) is 6.27. The van der Waals surface area contributed by atoms with Crippen molar-refractivity contribution in [3.8, 4) is 0 Å². The summed E-state index contributed by atoms with van der Waals surface area (Å²) in [5, 5.41) is 7.13. The number of rotatable bonds is 4. The molecule has 3 heterocycles. The van der Waals surface area contributed by atoms with E-state index < -0.39 is 0 Å². The predicted octanol–water partition coefficient (Wildman–Crippen LogP) is 3.09. The molecule has 4 nitrogen and oxygen atoms in total. The van der Waals surface area contributed by atoms with E-state index in [1.54, 1.807) is 17.5 Å². The number of aromatic nitrogens is 1. The van der Waals surface area contributed by atoms with E-state index in [-0.39, 0.29) is 11.9 Å². The second kappa shape index (κ2) is 6.26. The number of hydrogen-bond donors (Lipinski definition) is 1. The smallest absolute Gasteiger partial charge is 0.227 e. The fourth-order valence-corrected chi connectivity index (χ4v) is 3.54. The molecule has 0 unspecified atom stereocenters. The van der Waals surface area contributed by atoms with Crippen molar-refractivity contribution >= 4 is 23.1 Å². The number of thiophene rings is 1. The van der Waals surface area contributed by atoms with E-state index in [1.165, 1.54) is 5.56 Å². The summed E-state index contributed by atoms with van der Waals surface area (Å²) in [6.45, 7) is 0.852. The molecule has 1 aliphatic rings. The molecule has 0 aromatic carbocycles. The number of carbonyl (C=O) groups excluding carboxylic acids is 1. The van der Waals surface area contributed by atoms with Gasteiger partial charge in [-0.25, -0.2) is 4.98 Å². The summed E-state index contributed by atoms with van der Waals surface area (Å²) >= 11 is 1.64. The van der Waals surface area contributed by atoms with E-state index >= 15 is 0 Å². The maximum atomic E-state index is 12.6. The molecular weight excluding hydrogens is 282 g/mol. The largest absolute Gasteiger partial charge is 0.373 e. The third-order valence-corrected chi connectivity index (χ3v) is 4.67. The number of amides is 1. The van der Waals surface area contributed by atoms with E-state index in [0.29, 0.717) is 6.42 Å². The Balaban J connectivity index is 1.76. The van der Waals surface area contributed by atoms with Crippen LogP contribution in [0.5, 0.6) is 0 Å². The average molecular weight is 301 g/mol. The minimum Gasteiger partial charge on any atom is -0.373 e. The molecule has 5 heteroatoms. The van der Waals surface area contributed by atoms with Gasteiger partial charge in [-0.3, -0.25) is 4.79 Å². The Kier molecular flexibility index (Phi) is 4.20. The molecule has 1 saturated heterocycles. The SMILES string of the molecule is CNc1cc([C@@H]2CCCN2C(=O)Cc2ccsc2)ccn1. The Morgan fingerprint density at radius 3 is 3.19 bits per heavy atom.